The van der Waals surface area contributed by atoms with Crippen molar-refractivity contribution in [1.82, 2.24) is 4.98 Å². The van der Waals surface area contributed by atoms with E-state index in [9.17, 15) is 4.79 Å². The number of nitrogens with one attached hydrogen (secondary N) is 1. The van der Waals surface area contributed by atoms with Crippen molar-refractivity contribution < 1.29 is 9.90 Å². The Hall–Kier alpha value is -1.29. The molecule has 1 fully saturated rings. The van der Waals surface area contributed by atoms with Gasteiger partial charge in [0.15, 0.2) is 0 Å². The van der Waals surface area contributed by atoms with Crippen LogP contribution in [0.1, 0.15) is 30.7 Å². The van der Waals surface area contributed by atoms with Gasteiger partial charge in [-0.1, -0.05) is 6.07 Å². The zero-order valence-corrected chi connectivity index (χ0v) is 11.4. The quantitative estimate of drug-likeness (QED) is 0.900. The van der Waals surface area contributed by atoms with Gasteiger partial charge in [0.2, 0.25) is 0 Å². The molecule has 2 N–H and O–H groups in total. The molecule has 0 radical (unpaired) electrons. The lowest BCUT2D eigenvalue weighted by Gasteiger charge is -2.14. The van der Waals surface area contributed by atoms with Crippen molar-refractivity contribution in [2.75, 3.05) is 0 Å². The smallest absolute Gasteiger partial charge is 0.303 e. The summed E-state index contributed by atoms with van der Waals surface area (Å²) in [7, 11) is 0. The van der Waals surface area contributed by atoms with Crippen molar-refractivity contribution in [3.05, 3.63) is 34.4 Å². The number of fused-ring (bicyclic) bond motifs is 1. The fraction of sp³-hybridized carbons (Fsp3) is 0.357. The van der Waals surface area contributed by atoms with E-state index in [1.165, 1.54) is 0 Å². The van der Waals surface area contributed by atoms with E-state index in [1.54, 1.807) is 0 Å². The summed E-state index contributed by atoms with van der Waals surface area (Å²) in [4.78, 5) is 14.2. The van der Waals surface area contributed by atoms with Crippen LogP contribution in [0.2, 0.25) is 0 Å². The number of hydrogen-bond donors (Lipinski definition) is 2. The zero-order chi connectivity index (χ0) is 12.7. The molecular formula is C14H14BrNO2. The van der Waals surface area contributed by atoms with Crippen molar-refractivity contribution in [1.29, 1.82) is 0 Å². The summed E-state index contributed by atoms with van der Waals surface area (Å²) >= 11 is 3.51. The first-order valence-corrected chi connectivity index (χ1v) is 6.93. The molecule has 1 heterocycles. The molecule has 1 aromatic heterocycles. The van der Waals surface area contributed by atoms with Crippen molar-refractivity contribution in [3.63, 3.8) is 0 Å². The van der Waals surface area contributed by atoms with Crippen LogP contribution in [0, 0.1) is 5.92 Å². The number of H-pyrrole nitrogens is 1. The molecule has 4 heteroatoms. The van der Waals surface area contributed by atoms with E-state index < -0.39 is 5.97 Å². The van der Waals surface area contributed by atoms with E-state index in [4.69, 9.17) is 5.11 Å². The van der Waals surface area contributed by atoms with Gasteiger partial charge in [-0.3, -0.25) is 4.79 Å². The summed E-state index contributed by atoms with van der Waals surface area (Å²) in [5.41, 5.74) is 2.23. The highest BCUT2D eigenvalue weighted by Crippen LogP contribution is 2.45. The molecule has 3 nitrogen and oxygen atoms in total. The minimum Gasteiger partial charge on any atom is -0.481 e. The molecular weight excluding hydrogens is 294 g/mol. The van der Waals surface area contributed by atoms with Gasteiger partial charge >= 0.3 is 5.97 Å². The highest BCUT2D eigenvalue weighted by atomic mass is 79.9. The Balaban J connectivity index is 2.00. The Bertz CT molecular complexity index is 601. The van der Waals surface area contributed by atoms with Crippen LogP contribution in [0.15, 0.2) is 28.9 Å². The number of hydrogen-bond acceptors (Lipinski definition) is 1. The number of rotatable bonds is 4. The van der Waals surface area contributed by atoms with Gasteiger partial charge < -0.3 is 10.1 Å². The molecule has 0 amide bonds. The Labute approximate surface area is 113 Å². The standard InChI is InChI=1S/C14H14BrNO2/c15-12-7-16-13-4-3-9(5-11(12)13)10(6-14(17)18)8-1-2-8/h3-5,7-8,10,16H,1-2,6H2,(H,17,18). The summed E-state index contributed by atoms with van der Waals surface area (Å²) in [5.74, 6) is 0.00472. The third-order valence-corrected chi connectivity index (χ3v) is 4.33. The monoisotopic (exact) mass is 307 g/mol. The molecule has 1 aliphatic rings. The molecule has 1 atom stereocenters. The number of halogens is 1. The summed E-state index contributed by atoms with van der Waals surface area (Å²) in [5, 5.41) is 10.2. The summed E-state index contributed by atoms with van der Waals surface area (Å²) in [6, 6.07) is 6.20. The summed E-state index contributed by atoms with van der Waals surface area (Å²) in [6.07, 6.45) is 4.46. The van der Waals surface area contributed by atoms with E-state index in [-0.39, 0.29) is 12.3 Å². The maximum Gasteiger partial charge on any atom is 0.303 e. The number of aromatic nitrogens is 1. The van der Waals surface area contributed by atoms with Gasteiger partial charge in [0, 0.05) is 21.6 Å². The van der Waals surface area contributed by atoms with Gasteiger partial charge in [-0.2, -0.15) is 0 Å². The molecule has 1 aliphatic carbocycles. The number of aromatic amines is 1. The topological polar surface area (TPSA) is 53.1 Å². The third kappa shape index (κ3) is 2.17. The molecule has 18 heavy (non-hydrogen) atoms. The maximum absolute atomic E-state index is 11.0. The number of carboxylic acid groups (broad SMARTS) is 1. The molecule has 0 aliphatic heterocycles. The number of benzene rings is 1. The minimum absolute atomic E-state index is 0.161. The molecule has 2 aromatic rings. The summed E-state index contributed by atoms with van der Waals surface area (Å²) in [6.45, 7) is 0. The normalized spacial score (nSPS) is 16.9. The van der Waals surface area contributed by atoms with Crippen molar-refractivity contribution in [2.24, 2.45) is 5.92 Å². The predicted molar refractivity (Wildman–Crippen MR) is 73.7 cm³/mol. The lowest BCUT2D eigenvalue weighted by molar-refractivity contribution is -0.137. The van der Waals surface area contributed by atoms with Gasteiger partial charge in [-0.15, -0.1) is 0 Å². The van der Waals surface area contributed by atoms with E-state index in [1.807, 2.05) is 12.3 Å². The third-order valence-electron chi connectivity index (χ3n) is 3.67. The van der Waals surface area contributed by atoms with Crippen LogP contribution in [0.25, 0.3) is 10.9 Å². The van der Waals surface area contributed by atoms with E-state index in [0.717, 1.165) is 33.8 Å². The van der Waals surface area contributed by atoms with Gasteiger partial charge in [0.05, 0.1) is 6.42 Å². The molecule has 1 unspecified atom stereocenters. The van der Waals surface area contributed by atoms with Crippen LogP contribution >= 0.6 is 15.9 Å². The highest BCUT2D eigenvalue weighted by Gasteiger charge is 2.33. The Morgan fingerprint density at radius 3 is 2.94 bits per heavy atom. The van der Waals surface area contributed by atoms with Gasteiger partial charge in [-0.05, 0) is 58.3 Å². The molecule has 94 valence electrons. The fourth-order valence-electron chi connectivity index (χ4n) is 2.58. The van der Waals surface area contributed by atoms with Gasteiger partial charge in [-0.25, -0.2) is 0 Å². The first kappa shape index (κ1) is 11.8. The van der Waals surface area contributed by atoms with E-state index >= 15 is 0 Å². The average molecular weight is 308 g/mol. The predicted octanol–water partition coefficient (Wildman–Crippen LogP) is 3.90. The summed E-state index contributed by atoms with van der Waals surface area (Å²) < 4.78 is 1.03. The Kier molecular flexibility index (Phi) is 2.90. The van der Waals surface area contributed by atoms with Crippen molar-refractivity contribution in [3.8, 4) is 0 Å². The van der Waals surface area contributed by atoms with Crippen LogP contribution in [-0.2, 0) is 4.79 Å². The zero-order valence-electron chi connectivity index (χ0n) is 9.82. The Morgan fingerprint density at radius 1 is 1.50 bits per heavy atom. The SMILES string of the molecule is O=C(O)CC(c1ccc2[nH]cc(Br)c2c1)C1CC1. The second-order valence-corrected chi connectivity index (χ2v) is 5.84. The molecule has 1 aromatic carbocycles. The largest absolute Gasteiger partial charge is 0.481 e. The molecule has 0 bridgehead atoms. The first-order chi connectivity index (χ1) is 8.65. The van der Waals surface area contributed by atoms with Crippen LogP contribution in [0.4, 0.5) is 0 Å². The Morgan fingerprint density at radius 2 is 2.28 bits per heavy atom. The lowest BCUT2D eigenvalue weighted by Crippen LogP contribution is -2.08. The number of aliphatic carboxylic acids is 1. The number of carbonyl (C=O) groups is 1. The van der Waals surface area contributed by atoms with Crippen molar-refractivity contribution >= 4 is 32.8 Å². The fourth-order valence-corrected chi connectivity index (χ4v) is 3.02. The van der Waals surface area contributed by atoms with Crippen LogP contribution in [-0.4, -0.2) is 16.1 Å². The van der Waals surface area contributed by atoms with Crippen molar-refractivity contribution in [2.45, 2.75) is 25.2 Å². The van der Waals surface area contributed by atoms with Crippen LogP contribution in [0.5, 0.6) is 0 Å². The molecule has 0 saturated heterocycles. The molecule has 3 rings (SSSR count). The van der Waals surface area contributed by atoms with E-state index in [0.29, 0.717) is 5.92 Å². The second kappa shape index (κ2) is 4.43. The second-order valence-electron chi connectivity index (χ2n) is 4.98. The maximum atomic E-state index is 11.0. The van der Waals surface area contributed by atoms with Gasteiger partial charge in [0.25, 0.3) is 0 Å². The lowest BCUT2D eigenvalue weighted by atomic mass is 9.90. The molecule has 0 spiro atoms. The first-order valence-electron chi connectivity index (χ1n) is 6.13. The van der Waals surface area contributed by atoms with Gasteiger partial charge in [0.1, 0.15) is 0 Å². The highest BCUT2D eigenvalue weighted by molar-refractivity contribution is 9.10. The molecule has 1 saturated carbocycles. The van der Waals surface area contributed by atoms with Crippen LogP contribution in [0.3, 0.4) is 0 Å². The average Bonchev–Trinajstić information content (AvgIpc) is 3.11. The van der Waals surface area contributed by atoms with E-state index in [2.05, 4.69) is 33.0 Å². The minimum atomic E-state index is -0.708. The number of carboxylic acids is 1. The van der Waals surface area contributed by atoms with Crippen LogP contribution < -0.4 is 0 Å².